The van der Waals surface area contributed by atoms with E-state index in [4.69, 9.17) is 14.0 Å². The lowest BCUT2D eigenvalue weighted by Crippen LogP contribution is -2.15. The number of hydrogen-bond acceptors (Lipinski definition) is 7. The number of thioether (sulfide) groups is 4. The standard InChI is InChI=1S/2C4H10OS2Si.CH4O/c2*8-5-4-3-6-1-2-7-4;1-2/h2*4H,1-3H2,8H3;2H,1H3. The smallest absolute Gasteiger partial charge is 0.147 e. The summed E-state index contributed by atoms with van der Waals surface area (Å²) in [6.45, 7) is 0. The molecule has 2 aliphatic heterocycles. The molecule has 0 amide bonds. The van der Waals surface area contributed by atoms with Crippen LogP contribution in [0.5, 0.6) is 0 Å². The van der Waals surface area contributed by atoms with Crippen molar-refractivity contribution in [2.24, 2.45) is 0 Å². The van der Waals surface area contributed by atoms with Gasteiger partial charge in [-0.3, -0.25) is 0 Å². The molecule has 2 atom stereocenters. The van der Waals surface area contributed by atoms with Gasteiger partial charge in [-0.15, -0.1) is 23.5 Å². The van der Waals surface area contributed by atoms with E-state index in [1.165, 1.54) is 34.5 Å². The lowest BCUT2D eigenvalue weighted by Gasteiger charge is -2.19. The Bertz CT molecular complexity index is 152. The maximum Gasteiger partial charge on any atom is 0.147 e. The fourth-order valence-electron chi connectivity index (χ4n) is 1.20. The summed E-state index contributed by atoms with van der Waals surface area (Å²) in [6.07, 6.45) is 0. The fourth-order valence-corrected chi connectivity index (χ4v) is 7.69. The molecule has 2 saturated heterocycles. The highest BCUT2D eigenvalue weighted by atomic mass is 32.2. The molecule has 3 nitrogen and oxygen atoms in total. The summed E-state index contributed by atoms with van der Waals surface area (Å²) < 4.78 is 10.5. The third-order valence-corrected chi connectivity index (χ3v) is 9.26. The zero-order chi connectivity index (χ0) is 13.6. The van der Waals surface area contributed by atoms with Crippen LogP contribution in [-0.4, -0.2) is 78.6 Å². The Balaban J connectivity index is 0.000000283. The van der Waals surface area contributed by atoms with Crippen LogP contribution in [0, 0.1) is 0 Å². The molecule has 0 bridgehead atoms. The Hall–Kier alpha value is 1.71. The maximum atomic E-state index is 7.00. The van der Waals surface area contributed by atoms with Crippen LogP contribution < -0.4 is 0 Å². The van der Waals surface area contributed by atoms with Crippen molar-refractivity contribution in [2.45, 2.75) is 10.9 Å². The molecule has 2 aliphatic rings. The molecule has 110 valence electrons. The second-order valence-electron chi connectivity index (χ2n) is 3.22. The monoisotopic (exact) mass is 364 g/mol. The third-order valence-electron chi connectivity index (χ3n) is 2.10. The molecule has 2 heterocycles. The van der Waals surface area contributed by atoms with Gasteiger partial charge in [0, 0.05) is 41.6 Å². The maximum absolute atomic E-state index is 7.00. The molecule has 0 spiro atoms. The number of rotatable bonds is 2. The minimum atomic E-state index is 0.528. The Morgan fingerprint density at radius 3 is 1.39 bits per heavy atom. The first-order valence-corrected chi connectivity index (χ1v) is 11.8. The highest BCUT2D eigenvalue weighted by Gasteiger charge is 2.11. The zero-order valence-electron chi connectivity index (χ0n) is 11.3. The van der Waals surface area contributed by atoms with Gasteiger partial charge in [-0.05, 0) is 0 Å². The topological polar surface area (TPSA) is 38.7 Å². The highest BCUT2D eigenvalue weighted by Crippen LogP contribution is 2.24. The molecule has 18 heavy (non-hydrogen) atoms. The minimum absolute atomic E-state index is 0.528. The van der Waals surface area contributed by atoms with Crippen molar-refractivity contribution in [1.82, 2.24) is 0 Å². The summed E-state index contributed by atoms with van der Waals surface area (Å²) in [7, 11) is 2.79. The van der Waals surface area contributed by atoms with Crippen LogP contribution in [0.15, 0.2) is 0 Å². The van der Waals surface area contributed by atoms with Crippen LogP contribution in [0.25, 0.3) is 0 Å². The molecule has 0 aromatic carbocycles. The first-order chi connectivity index (χ1) is 8.86. The SMILES string of the molecule is CO.[SiH3]OC1CSCCS1.[SiH3]OC1CSCCS1. The van der Waals surface area contributed by atoms with Gasteiger partial charge in [0.15, 0.2) is 0 Å². The lowest BCUT2D eigenvalue weighted by molar-refractivity contribution is 0.343. The first-order valence-electron chi connectivity index (χ1n) is 5.76. The van der Waals surface area contributed by atoms with Crippen LogP contribution >= 0.6 is 47.0 Å². The summed E-state index contributed by atoms with van der Waals surface area (Å²) >= 11 is 7.92. The van der Waals surface area contributed by atoms with Gasteiger partial charge in [0.25, 0.3) is 0 Å². The van der Waals surface area contributed by atoms with Crippen molar-refractivity contribution in [1.29, 1.82) is 0 Å². The van der Waals surface area contributed by atoms with Crippen molar-refractivity contribution in [3.8, 4) is 0 Å². The molecule has 0 aromatic rings. The Kier molecular flexibility index (Phi) is 16.5. The van der Waals surface area contributed by atoms with E-state index in [9.17, 15) is 0 Å². The Morgan fingerprint density at radius 1 is 0.833 bits per heavy atom. The van der Waals surface area contributed by atoms with E-state index in [0.717, 1.165) is 28.1 Å². The molecular weight excluding hydrogens is 341 g/mol. The first kappa shape index (κ1) is 19.7. The number of aliphatic hydroxyl groups excluding tert-OH is 1. The van der Waals surface area contributed by atoms with Crippen molar-refractivity contribution >= 4 is 68.0 Å². The molecule has 1 N–H and O–H groups in total. The molecule has 2 fully saturated rings. The minimum Gasteiger partial charge on any atom is -0.415 e. The zero-order valence-corrected chi connectivity index (χ0v) is 18.6. The molecule has 9 heteroatoms. The van der Waals surface area contributed by atoms with E-state index < -0.39 is 0 Å². The van der Waals surface area contributed by atoms with Gasteiger partial charge in [0.1, 0.15) is 21.0 Å². The van der Waals surface area contributed by atoms with Gasteiger partial charge in [-0.2, -0.15) is 23.5 Å². The quantitative estimate of drug-likeness (QED) is 0.680. The van der Waals surface area contributed by atoms with Crippen LogP contribution in [-0.2, 0) is 8.85 Å². The van der Waals surface area contributed by atoms with E-state index in [-0.39, 0.29) is 0 Å². The van der Waals surface area contributed by atoms with Crippen molar-refractivity contribution in [2.75, 3.05) is 41.6 Å². The second kappa shape index (κ2) is 15.1. The molecule has 2 rings (SSSR count). The predicted molar refractivity (Wildman–Crippen MR) is 97.3 cm³/mol. The largest absolute Gasteiger partial charge is 0.415 e. The van der Waals surface area contributed by atoms with Gasteiger partial charge in [0.2, 0.25) is 0 Å². The molecule has 2 unspecified atom stereocenters. The molecule has 0 aliphatic carbocycles. The summed E-state index contributed by atoms with van der Waals surface area (Å²) in [4.78, 5) is 0. The van der Waals surface area contributed by atoms with E-state index in [1.807, 2.05) is 47.0 Å². The van der Waals surface area contributed by atoms with E-state index in [0.29, 0.717) is 10.9 Å². The van der Waals surface area contributed by atoms with Crippen LogP contribution in [0.2, 0.25) is 0 Å². The van der Waals surface area contributed by atoms with E-state index >= 15 is 0 Å². The van der Waals surface area contributed by atoms with Crippen molar-refractivity contribution in [3.63, 3.8) is 0 Å². The highest BCUT2D eigenvalue weighted by molar-refractivity contribution is 8.07. The van der Waals surface area contributed by atoms with E-state index in [2.05, 4.69) is 0 Å². The predicted octanol–water partition coefficient (Wildman–Crippen LogP) is -0.213. The molecule has 0 aromatic heterocycles. The average molecular weight is 365 g/mol. The summed E-state index contributed by atoms with van der Waals surface area (Å²) in [5, 5.41) is 7.00. The van der Waals surface area contributed by atoms with Gasteiger partial charge < -0.3 is 14.0 Å². The summed E-state index contributed by atoms with van der Waals surface area (Å²) in [6, 6.07) is 0. The normalized spacial score (nSPS) is 27.7. The number of aliphatic hydroxyl groups is 1. The summed E-state index contributed by atoms with van der Waals surface area (Å²) in [5.74, 6) is 7.58. The Morgan fingerprint density at radius 2 is 1.22 bits per heavy atom. The fraction of sp³-hybridized carbons (Fsp3) is 1.00. The second-order valence-corrected chi connectivity index (χ2v) is 9.00. The van der Waals surface area contributed by atoms with Crippen LogP contribution in [0.3, 0.4) is 0 Å². The van der Waals surface area contributed by atoms with Gasteiger partial charge in [-0.25, -0.2) is 0 Å². The van der Waals surface area contributed by atoms with E-state index in [1.54, 1.807) is 0 Å². The van der Waals surface area contributed by atoms with Gasteiger partial charge in [0.05, 0.1) is 10.9 Å². The average Bonchev–Trinajstić information content (AvgIpc) is 2.51. The van der Waals surface area contributed by atoms with Crippen LogP contribution in [0.4, 0.5) is 0 Å². The van der Waals surface area contributed by atoms with Gasteiger partial charge in [-0.1, -0.05) is 0 Å². The van der Waals surface area contributed by atoms with Crippen LogP contribution in [0.1, 0.15) is 0 Å². The third kappa shape index (κ3) is 10.5. The van der Waals surface area contributed by atoms with Gasteiger partial charge >= 0.3 is 0 Å². The lowest BCUT2D eigenvalue weighted by atomic mass is 10.8. The Labute approximate surface area is 134 Å². The summed E-state index contributed by atoms with van der Waals surface area (Å²) in [5.41, 5.74) is 1.06. The van der Waals surface area contributed by atoms with Crippen molar-refractivity contribution in [3.05, 3.63) is 0 Å². The molecule has 0 saturated carbocycles. The molecule has 0 radical (unpaired) electrons. The van der Waals surface area contributed by atoms with Crippen molar-refractivity contribution < 1.29 is 14.0 Å². The molecular formula is C9H24O3S4Si2. The number of hydrogen-bond donors (Lipinski definition) is 1.